The average Bonchev–Trinajstić information content (AvgIpc) is 2.57. The van der Waals surface area contributed by atoms with Gasteiger partial charge < -0.3 is 4.74 Å². The minimum atomic E-state index is 0.537. The van der Waals surface area contributed by atoms with Crippen LogP contribution >= 0.6 is 15.9 Å². The van der Waals surface area contributed by atoms with Crippen LogP contribution in [-0.2, 0) is 11.3 Å². The Morgan fingerprint density at radius 3 is 3.06 bits per heavy atom. The van der Waals surface area contributed by atoms with Crippen molar-refractivity contribution in [3.63, 3.8) is 0 Å². The molecular formula is C14H17BrN2O. The number of halogens is 1. The summed E-state index contributed by atoms with van der Waals surface area (Å²) in [6.45, 7) is 5.76. The molecule has 1 aromatic rings. The maximum absolute atomic E-state index is 8.86. The third-order valence-corrected chi connectivity index (χ3v) is 4.12. The van der Waals surface area contributed by atoms with E-state index in [0.29, 0.717) is 11.6 Å². The summed E-state index contributed by atoms with van der Waals surface area (Å²) in [5, 5.41) is 8.86. The molecule has 0 amide bonds. The van der Waals surface area contributed by atoms with Crippen LogP contribution in [0.25, 0.3) is 0 Å². The fourth-order valence-corrected chi connectivity index (χ4v) is 2.64. The summed E-state index contributed by atoms with van der Waals surface area (Å²) in [5.41, 5.74) is 1.92. The molecule has 0 spiro atoms. The molecule has 96 valence electrons. The molecule has 1 aromatic carbocycles. The van der Waals surface area contributed by atoms with E-state index < -0.39 is 0 Å². The van der Waals surface area contributed by atoms with Crippen LogP contribution in [0, 0.1) is 11.3 Å². The van der Waals surface area contributed by atoms with Crippen molar-refractivity contribution < 1.29 is 4.74 Å². The molecule has 1 saturated heterocycles. The number of nitriles is 1. The standard InChI is InChI=1S/C14H17BrN2O/c1-11-4-6-18-7-5-17(11)10-13-3-2-12(9-16)8-14(13)15/h2-3,8,11H,4-7,10H2,1H3/t11-/m1/s1. The Morgan fingerprint density at radius 2 is 2.33 bits per heavy atom. The number of nitrogens with zero attached hydrogens (tertiary/aromatic N) is 2. The molecule has 4 heteroatoms. The molecular weight excluding hydrogens is 292 g/mol. The summed E-state index contributed by atoms with van der Waals surface area (Å²) in [6.07, 6.45) is 1.08. The molecule has 0 aliphatic carbocycles. The van der Waals surface area contributed by atoms with Gasteiger partial charge in [0.25, 0.3) is 0 Å². The van der Waals surface area contributed by atoms with Crippen molar-refractivity contribution in [3.05, 3.63) is 33.8 Å². The molecule has 0 N–H and O–H groups in total. The zero-order valence-corrected chi connectivity index (χ0v) is 12.1. The smallest absolute Gasteiger partial charge is 0.0992 e. The molecule has 0 saturated carbocycles. The van der Waals surface area contributed by atoms with Gasteiger partial charge in [-0.25, -0.2) is 0 Å². The van der Waals surface area contributed by atoms with E-state index in [0.717, 1.165) is 37.2 Å². The summed E-state index contributed by atoms with van der Waals surface area (Å²) in [7, 11) is 0. The number of hydrogen-bond donors (Lipinski definition) is 0. The molecule has 2 rings (SSSR count). The maximum atomic E-state index is 8.86. The van der Waals surface area contributed by atoms with Gasteiger partial charge in [0.15, 0.2) is 0 Å². The SMILES string of the molecule is C[C@@H]1CCOCCN1Cc1ccc(C#N)cc1Br. The fourth-order valence-electron chi connectivity index (χ4n) is 2.14. The second-order valence-electron chi connectivity index (χ2n) is 4.64. The molecule has 1 fully saturated rings. The first kappa shape index (κ1) is 13.5. The highest BCUT2D eigenvalue weighted by Crippen LogP contribution is 2.22. The molecule has 1 aliphatic rings. The first-order valence-electron chi connectivity index (χ1n) is 6.21. The monoisotopic (exact) mass is 308 g/mol. The number of ether oxygens (including phenoxy) is 1. The topological polar surface area (TPSA) is 36.3 Å². The summed E-state index contributed by atoms with van der Waals surface area (Å²) in [4.78, 5) is 2.43. The van der Waals surface area contributed by atoms with Gasteiger partial charge in [0, 0.05) is 30.2 Å². The first-order chi connectivity index (χ1) is 8.70. The van der Waals surface area contributed by atoms with Gasteiger partial charge in [0.2, 0.25) is 0 Å². The van der Waals surface area contributed by atoms with Gasteiger partial charge in [-0.15, -0.1) is 0 Å². The molecule has 0 aromatic heterocycles. The molecule has 0 radical (unpaired) electrons. The van der Waals surface area contributed by atoms with E-state index >= 15 is 0 Å². The number of hydrogen-bond acceptors (Lipinski definition) is 3. The number of benzene rings is 1. The predicted octanol–water partition coefficient (Wildman–Crippen LogP) is 2.93. The summed E-state index contributed by atoms with van der Waals surface area (Å²) >= 11 is 3.55. The lowest BCUT2D eigenvalue weighted by molar-refractivity contribution is 0.139. The molecule has 1 aliphatic heterocycles. The minimum Gasteiger partial charge on any atom is -0.380 e. The zero-order valence-electron chi connectivity index (χ0n) is 10.5. The Kier molecular flexibility index (Phi) is 4.76. The lowest BCUT2D eigenvalue weighted by Crippen LogP contribution is -2.33. The van der Waals surface area contributed by atoms with Crippen LogP contribution in [0.4, 0.5) is 0 Å². The van der Waals surface area contributed by atoms with Gasteiger partial charge in [-0.3, -0.25) is 4.90 Å². The van der Waals surface area contributed by atoms with Crippen molar-refractivity contribution in [1.29, 1.82) is 5.26 Å². The van der Waals surface area contributed by atoms with E-state index in [1.54, 1.807) is 0 Å². The number of rotatable bonds is 2. The lowest BCUT2D eigenvalue weighted by atomic mass is 10.1. The first-order valence-corrected chi connectivity index (χ1v) is 7.00. The zero-order chi connectivity index (χ0) is 13.0. The van der Waals surface area contributed by atoms with Gasteiger partial charge in [-0.05, 0) is 31.0 Å². The van der Waals surface area contributed by atoms with Crippen LogP contribution in [0.15, 0.2) is 22.7 Å². The summed E-state index contributed by atoms with van der Waals surface area (Å²) in [5.74, 6) is 0. The van der Waals surface area contributed by atoms with E-state index in [-0.39, 0.29) is 0 Å². The summed E-state index contributed by atoms with van der Waals surface area (Å²) < 4.78 is 6.52. The van der Waals surface area contributed by atoms with Crippen LogP contribution in [-0.4, -0.2) is 30.7 Å². The van der Waals surface area contributed by atoms with Crippen molar-refractivity contribution >= 4 is 15.9 Å². The molecule has 0 unspecified atom stereocenters. The fraction of sp³-hybridized carbons (Fsp3) is 0.500. The van der Waals surface area contributed by atoms with E-state index in [2.05, 4.69) is 33.8 Å². The normalized spacial score (nSPS) is 21.3. The third kappa shape index (κ3) is 3.32. The largest absolute Gasteiger partial charge is 0.380 e. The van der Waals surface area contributed by atoms with Crippen LogP contribution < -0.4 is 0 Å². The van der Waals surface area contributed by atoms with Crippen molar-refractivity contribution in [1.82, 2.24) is 4.90 Å². The van der Waals surface area contributed by atoms with Crippen molar-refractivity contribution in [2.75, 3.05) is 19.8 Å². The van der Waals surface area contributed by atoms with Crippen LogP contribution in [0.3, 0.4) is 0 Å². The second kappa shape index (κ2) is 6.33. The quantitative estimate of drug-likeness (QED) is 0.843. The Bertz CT molecular complexity index is 456. The van der Waals surface area contributed by atoms with E-state index in [9.17, 15) is 0 Å². The molecule has 1 atom stereocenters. The average molecular weight is 309 g/mol. The van der Waals surface area contributed by atoms with Crippen molar-refractivity contribution in [2.24, 2.45) is 0 Å². The highest BCUT2D eigenvalue weighted by Gasteiger charge is 2.18. The maximum Gasteiger partial charge on any atom is 0.0992 e. The molecule has 3 nitrogen and oxygen atoms in total. The highest BCUT2D eigenvalue weighted by atomic mass is 79.9. The highest BCUT2D eigenvalue weighted by molar-refractivity contribution is 9.10. The summed E-state index contributed by atoms with van der Waals surface area (Å²) in [6, 6.07) is 8.48. The van der Waals surface area contributed by atoms with Crippen LogP contribution in [0.1, 0.15) is 24.5 Å². The van der Waals surface area contributed by atoms with Crippen LogP contribution in [0.2, 0.25) is 0 Å². The van der Waals surface area contributed by atoms with E-state index in [1.807, 2.05) is 18.2 Å². The van der Waals surface area contributed by atoms with E-state index in [1.165, 1.54) is 5.56 Å². The molecule has 18 heavy (non-hydrogen) atoms. The second-order valence-corrected chi connectivity index (χ2v) is 5.49. The van der Waals surface area contributed by atoms with Crippen molar-refractivity contribution in [3.8, 4) is 6.07 Å². The Balaban J connectivity index is 2.10. The van der Waals surface area contributed by atoms with E-state index in [4.69, 9.17) is 10.00 Å². The van der Waals surface area contributed by atoms with Crippen molar-refractivity contribution in [2.45, 2.75) is 25.9 Å². The van der Waals surface area contributed by atoms with Gasteiger partial charge in [0.1, 0.15) is 0 Å². The van der Waals surface area contributed by atoms with Gasteiger partial charge in [-0.1, -0.05) is 22.0 Å². The third-order valence-electron chi connectivity index (χ3n) is 3.38. The van der Waals surface area contributed by atoms with Gasteiger partial charge in [0.05, 0.1) is 18.2 Å². The molecule has 1 heterocycles. The Labute approximate surface area is 116 Å². The van der Waals surface area contributed by atoms with Crippen LogP contribution in [0.5, 0.6) is 0 Å². The Hall–Kier alpha value is -0.890. The Morgan fingerprint density at radius 1 is 1.50 bits per heavy atom. The lowest BCUT2D eigenvalue weighted by Gasteiger charge is -2.26. The predicted molar refractivity (Wildman–Crippen MR) is 74.2 cm³/mol. The van der Waals surface area contributed by atoms with Gasteiger partial charge >= 0.3 is 0 Å². The molecule has 0 bridgehead atoms. The van der Waals surface area contributed by atoms with Gasteiger partial charge in [-0.2, -0.15) is 5.26 Å². The minimum absolute atomic E-state index is 0.537.